The van der Waals surface area contributed by atoms with Gasteiger partial charge in [0.05, 0.1) is 0 Å². The molecule has 5 heteroatoms. The summed E-state index contributed by atoms with van der Waals surface area (Å²) in [6.07, 6.45) is 3.02. The average Bonchev–Trinajstić information content (AvgIpc) is 2.63. The third-order valence-electron chi connectivity index (χ3n) is 3.70. The molecule has 2 aromatic rings. The van der Waals surface area contributed by atoms with Crippen LogP contribution in [0.15, 0.2) is 54.6 Å². The molecular weight excluding hydrogens is 328 g/mol. The smallest absolute Gasteiger partial charge is 0.276 e. The van der Waals surface area contributed by atoms with Crippen LogP contribution in [-0.2, 0) is 9.59 Å². The molecule has 0 fully saturated rings. The molecule has 0 aliphatic carbocycles. The number of benzene rings is 2. The summed E-state index contributed by atoms with van der Waals surface area (Å²) in [5, 5.41) is 0. The summed E-state index contributed by atoms with van der Waals surface area (Å²) >= 11 is 0. The van der Waals surface area contributed by atoms with E-state index in [1.54, 1.807) is 6.08 Å². The second kappa shape index (κ2) is 9.42. The molecule has 26 heavy (non-hydrogen) atoms. The van der Waals surface area contributed by atoms with Gasteiger partial charge in [0.2, 0.25) is 0 Å². The van der Waals surface area contributed by atoms with Gasteiger partial charge < -0.3 is 4.74 Å². The van der Waals surface area contributed by atoms with Crippen molar-refractivity contribution in [1.82, 2.24) is 10.9 Å². The zero-order valence-electron chi connectivity index (χ0n) is 15.3. The Morgan fingerprint density at radius 1 is 1.08 bits per heavy atom. The highest BCUT2D eigenvalue weighted by atomic mass is 16.5. The number of amides is 2. The Bertz CT molecular complexity index is 783. The van der Waals surface area contributed by atoms with Crippen molar-refractivity contribution in [3.05, 3.63) is 71.3 Å². The molecule has 2 aromatic carbocycles. The number of rotatable bonds is 6. The topological polar surface area (TPSA) is 67.4 Å². The van der Waals surface area contributed by atoms with Gasteiger partial charge in [-0.2, -0.15) is 0 Å². The number of carbonyl (C=O) groups excluding carboxylic acids is 2. The number of hydrogen-bond acceptors (Lipinski definition) is 3. The number of nitrogens with one attached hydrogen (secondary N) is 2. The minimum absolute atomic E-state index is 0.175. The van der Waals surface area contributed by atoms with Crippen molar-refractivity contribution in [3.8, 4) is 5.75 Å². The largest absolute Gasteiger partial charge is 0.483 e. The summed E-state index contributed by atoms with van der Waals surface area (Å²) in [6, 6.07) is 15.3. The van der Waals surface area contributed by atoms with Crippen LogP contribution in [0.25, 0.3) is 6.08 Å². The fourth-order valence-electron chi connectivity index (χ4n) is 2.33. The lowest BCUT2D eigenvalue weighted by atomic mass is 10.0. The number of carbonyl (C=O) groups is 2. The molecule has 0 aliphatic rings. The van der Waals surface area contributed by atoms with E-state index in [0.29, 0.717) is 5.75 Å². The standard InChI is InChI=1S/C21H24N2O3/c1-15(2)18-11-9-16(3)13-19(18)26-14-21(25)23-22-20(24)12-10-17-7-5-4-6-8-17/h4-13,15H,14H2,1-3H3,(H,22,24)(H,23,25)/b12-10+. The fourth-order valence-corrected chi connectivity index (χ4v) is 2.33. The van der Waals surface area contributed by atoms with Crippen LogP contribution in [0.2, 0.25) is 0 Å². The number of hydrazine groups is 1. The summed E-state index contributed by atoms with van der Waals surface area (Å²) in [4.78, 5) is 23.6. The molecule has 5 nitrogen and oxygen atoms in total. The van der Waals surface area contributed by atoms with Crippen molar-refractivity contribution in [2.24, 2.45) is 0 Å². The highest BCUT2D eigenvalue weighted by Crippen LogP contribution is 2.27. The first-order chi connectivity index (χ1) is 12.5. The molecule has 0 atom stereocenters. The van der Waals surface area contributed by atoms with E-state index in [9.17, 15) is 9.59 Å². The second-order valence-corrected chi connectivity index (χ2v) is 6.27. The van der Waals surface area contributed by atoms with Crippen molar-refractivity contribution >= 4 is 17.9 Å². The van der Waals surface area contributed by atoms with Gasteiger partial charge in [-0.1, -0.05) is 56.3 Å². The molecule has 2 N–H and O–H groups in total. The van der Waals surface area contributed by atoms with E-state index in [2.05, 4.69) is 24.7 Å². The molecular formula is C21H24N2O3. The summed E-state index contributed by atoms with van der Waals surface area (Å²) < 4.78 is 5.62. The van der Waals surface area contributed by atoms with Crippen molar-refractivity contribution in [3.63, 3.8) is 0 Å². The normalized spacial score (nSPS) is 10.8. The number of ether oxygens (including phenoxy) is 1. The van der Waals surface area contributed by atoms with Crippen LogP contribution in [0, 0.1) is 6.92 Å². The van der Waals surface area contributed by atoms with Gasteiger partial charge in [-0.25, -0.2) is 0 Å². The minimum Gasteiger partial charge on any atom is -0.483 e. The Balaban J connectivity index is 1.81. The van der Waals surface area contributed by atoms with E-state index in [1.165, 1.54) is 6.08 Å². The van der Waals surface area contributed by atoms with Gasteiger partial charge in [-0.15, -0.1) is 0 Å². The summed E-state index contributed by atoms with van der Waals surface area (Å²) in [7, 11) is 0. The lowest BCUT2D eigenvalue weighted by Gasteiger charge is -2.14. The first-order valence-electron chi connectivity index (χ1n) is 8.51. The van der Waals surface area contributed by atoms with Crippen LogP contribution in [0.5, 0.6) is 5.75 Å². The van der Waals surface area contributed by atoms with Crippen LogP contribution >= 0.6 is 0 Å². The summed E-state index contributed by atoms with van der Waals surface area (Å²) in [5.41, 5.74) is 7.67. The number of aryl methyl sites for hydroxylation is 1. The first kappa shape index (κ1) is 19.2. The molecule has 2 amide bonds. The SMILES string of the molecule is Cc1ccc(C(C)C)c(OCC(=O)NNC(=O)/C=C/c2ccccc2)c1. The Labute approximate surface area is 154 Å². The number of hydrogen-bond donors (Lipinski definition) is 2. The predicted molar refractivity (Wildman–Crippen MR) is 103 cm³/mol. The van der Waals surface area contributed by atoms with Crippen molar-refractivity contribution in [2.75, 3.05) is 6.61 Å². The van der Waals surface area contributed by atoms with Crippen LogP contribution in [-0.4, -0.2) is 18.4 Å². The minimum atomic E-state index is -0.428. The Kier molecular flexibility index (Phi) is 6.97. The summed E-state index contributed by atoms with van der Waals surface area (Å²) in [6.45, 7) is 5.93. The second-order valence-electron chi connectivity index (χ2n) is 6.27. The molecule has 0 unspecified atom stereocenters. The third kappa shape index (κ3) is 6.09. The van der Waals surface area contributed by atoms with Crippen LogP contribution in [0.3, 0.4) is 0 Å². The lowest BCUT2D eigenvalue weighted by Crippen LogP contribution is -2.43. The van der Waals surface area contributed by atoms with E-state index >= 15 is 0 Å². The quantitative estimate of drug-likeness (QED) is 0.619. The summed E-state index contributed by atoms with van der Waals surface area (Å²) in [5.74, 6) is 0.130. The van der Waals surface area contributed by atoms with E-state index in [-0.39, 0.29) is 12.5 Å². The van der Waals surface area contributed by atoms with Gasteiger partial charge >= 0.3 is 0 Å². The maximum Gasteiger partial charge on any atom is 0.276 e. The Morgan fingerprint density at radius 2 is 1.81 bits per heavy atom. The molecule has 0 heterocycles. The average molecular weight is 352 g/mol. The van der Waals surface area contributed by atoms with Crippen molar-refractivity contribution in [2.45, 2.75) is 26.7 Å². The van der Waals surface area contributed by atoms with Gasteiger partial charge in [0.25, 0.3) is 11.8 Å². The Hall–Kier alpha value is -3.08. The highest BCUT2D eigenvalue weighted by Gasteiger charge is 2.10. The monoisotopic (exact) mass is 352 g/mol. The maximum atomic E-state index is 11.9. The molecule has 0 aliphatic heterocycles. The van der Waals surface area contributed by atoms with E-state index in [0.717, 1.165) is 16.7 Å². The Morgan fingerprint density at radius 3 is 2.50 bits per heavy atom. The van der Waals surface area contributed by atoms with E-state index in [4.69, 9.17) is 4.74 Å². The molecule has 0 spiro atoms. The molecule has 0 saturated heterocycles. The molecule has 0 aromatic heterocycles. The molecule has 0 saturated carbocycles. The van der Waals surface area contributed by atoms with E-state index in [1.807, 2.05) is 55.5 Å². The fraction of sp³-hybridized carbons (Fsp3) is 0.238. The van der Waals surface area contributed by atoms with Gasteiger partial charge in [-0.05, 0) is 41.7 Å². The molecule has 2 rings (SSSR count). The maximum absolute atomic E-state index is 11.9. The van der Waals surface area contributed by atoms with Crippen LogP contribution in [0.1, 0.15) is 36.5 Å². The lowest BCUT2D eigenvalue weighted by molar-refractivity contribution is -0.128. The van der Waals surface area contributed by atoms with Crippen molar-refractivity contribution in [1.29, 1.82) is 0 Å². The van der Waals surface area contributed by atoms with Gasteiger partial charge in [-0.3, -0.25) is 20.4 Å². The predicted octanol–water partition coefficient (Wildman–Crippen LogP) is 3.36. The first-order valence-corrected chi connectivity index (χ1v) is 8.51. The molecule has 136 valence electrons. The van der Waals surface area contributed by atoms with Gasteiger partial charge in [0, 0.05) is 6.08 Å². The van der Waals surface area contributed by atoms with Crippen molar-refractivity contribution < 1.29 is 14.3 Å². The van der Waals surface area contributed by atoms with Gasteiger partial charge in [0.1, 0.15) is 5.75 Å². The van der Waals surface area contributed by atoms with E-state index < -0.39 is 11.8 Å². The zero-order valence-corrected chi connectivity index (χ0v) is 15.3. The zero-order chi connectivity index (χ0) is 18.9. The van der Waals surface area contributed by atoms with Crippen LogP contribution in [0.4, 0.5) is 0 Å². The third-order valence-corrected chi connectivity index (χ3v) is 3.70. The highest BCUT2D eigenvalue weighted by molar-refractivity contribution is 5.93. The molecule has 0 radical (unpaired) electrons. The van der Waals surface area contributed by atoms with Gasteiger partial charge in [0.15, 0.2) is 6.61 Å². The molecule has 0 bridgehead atoms. The van der Waals surface area contributed by atoms with Crippen LogP contribution < -0.4 is 15.6 Å².